The average Bonchev–Trinajstić information content (AvgIpc) is 3.03. The molecule has 7 nitrogen and oxygen atoms in total. The van der Waals surface area contributed by atoms with Crippen molar-refractivity contribution >= 4 is 23.6 Å². The van der Waals surface area contributed by atoms with Gasteiger partial charge in [-0.3, -0.25) is 14.6 Å². The first-order valence-electron chi connectivity index (χ1n) is 10.2. The Balaban J connectivity index is 1.67. The summed E-state index contributed by atoms with van der Waals surface area (Å²) in [6.07, 6.45) is -4.49. The van der Waals surface area contributed by atoms with Crippen molar-refractivity contribution in [3.63, 3.8) is 0 Å². The Labute approximate surface area is 188 Å². The van der Waals surface area contributed by atoms with Crippen molar-refractivity contribution in [3.8, 4) is 5.75 Å². The van der Waals surface area contributed by atoms with Gasteiger partial charge in [0.05, 0.1) is 18.7 Å². The maximum atomic E-state index is 12.8. The third kappa shape index (κ3) is 5.44. The number of anilines is 1. The molecule has 2 aromatic carbocycles. The molecule has 3 amide bonds. The quantitative estimate of drug-likeness (QED) is 0.449. The lowest BCUT2D eigenvalue weighted by Gasteiger charge is -2.24. The highest BCUT2D eigenvalue weighted by Gasteiger charge is 2.38. The molecular weight excluding hydrogens is 441 g/mol. The Bertz CT molecular complexity index is 1030. The number of hydrogen-bond acceptors (Lipinski definition) is 5. The van der Waals surface area contributed by atoms with Gasteiger partial charge in [-0.1, -0.05) is 12.1 Å². The summed E-state index contributed by atoms with van der Waals surface area (Å²) in [6.45, 7) is 4.80. The van der Waals surface area contributed by atoms with E-state index in [0.29, 0.717) is 11.3 Å². The molecule has 0 saturated carbocycles. The number of urea groups is 1. The van der Waals surface area contributed by atoms with Gasteiger partial charge in [0, 0.05) is 5.69 Å². The molecule has 1 saturated heterocycles. The van der Waals surface area contributed by atoms with Crippen LogP contribution in [0.2, 0.25) is 0 Å². The number of ether oxygens (including phenoxy) is 2. The van der Waals surface area contributed by atoms with Crippen molar-refractivity contribution in [2.24, 2.45) is 0 Å². The van der Waals surface area contributed by atoms with E-state index in [1.54, 1.807) is 45.0 Å². The number of nitrogens with zero attached hydrogens (tertiary/aromatic N) is 2. The Hall–Kier alpha value is -3.56. The molecular formula is C23H23F3N2O5. The molecule has 0 spiro atoms. The molecule has 0 bridgehead atoms. The van der Waals surface area contributed by atoms with Crippen LogP contribution in [-0.2, 0) is 27.0 Å². The molecule has 1 heterocycles. The third-order valence-corrected chi connectivity index (χ3v) is 4.97. The smallest absolute Gasteiger partial charge is 0.416 e. The molecule has 0 aromatic heterocycles. The number of carbonyl (C=O) groups is 3. The van der Waals surface area contributed by atoms with Crippen LogP contribution < -0.4 is 9.64 Å². The first-order chi connectivity index (χ1) is 15.4. The fraction of sp³-hybridized carbons (Fsp3) is 0.348. The van der Waals surface area contributed by atoms with Crippen molar-refractivity contribution in [2.75, 3.05) is 18.1 Å². The molecule has 0 radical (unpaired) electrons. The molecule has 33 heavy (non-hydrogen) atoms. The lowest BCUT2D eigenvalue weighted by atomic mass is 10.1. The Morgan fingerprint density at radius 3 is 2.15 bits per heavy atom. The highest BCUT2D eigenvalue weighted by atomic mass is 19.4. The molecule has 176 valence electrons. The fourth-order valence-corrected chi connectivity index (χ4v) is 3.22. The second-order valence-electron chi connectivity index (χ2n) is 7.87. The Kier molecular flexibility index (Phi) is 6.66. The molecule has 0 unspecified atom stereocenters. The van der Waals surface area contributed by atoms with E-state index in [1.165, 1.54) is 0 Å². The first-order valence-corrected chi connectivity index (χ1v) is 10.2. The molecule has 0 atom stereocenters. The first kappa shape index (κ1) is 24.1. The van der Waals surface area contributed by atoms with Gasteiger partial charge in [0.2, 0.25) is 0 Å². The van der Waals surface area contributed by atoms with Crippen molar-refractivity contribution < 1.29 is 37.0 Å². The molecule has 0 aliphatic carbocycles. The molecule has 10 heteroatoms. The lowest BCUT2D eigenvalue weighted by Crippen LogP contribution is -2.39. The molecule has 1 aliphatic heterocycles. The minimum absolute atomic E-state index is 0.0175. The van der Waals surface area contributed by atoms with Gasteiger partial charge in [0.1, 0.15) is 12.3 Å². The summed E-state index contributed by atoms with van der Waals surface area (Å²) < 4.78 is 48.9. The summed E-state index contributed by atoms with van der Waals surface area (Å²) in [4.78, 5) is 39.2. The maximum Gasteiger partial charge on any atom is 0.416 e. The van der Waals surface area contributed by atoms with Crippen LogP contribution in [0.1, 0.15) is 31.9 Å². The lowest BCUT2D eigenvalue weighted by molar-refractivity contribution is -0.158. The second-order valence-corrected chi connectivity index (χ2v) is 7.87. The Morgan fingerprint density at radius 1 is 1.00 bits per heavy atom. The SMILES string of the molecule is CCOC(=O)C(C)(C)Oc1ccc(CN2C(=O)CN(c3ccc(C(F)(F)F)cc3)C2=O)cc1. The second kappa shape index (κ2) is 9.13. The van der Waals surface area contributed by atoms with Gasteiger partial charge in [0.15, 0.2) is 5.60 Å². The number of carbonyl (C=O) groups excluding carboxylic acids is 3. The summed E-state index contributed by atoms with van der Waals surface area (Å²) in [5, 5.41) is 0. The highest BCUT2D eigenvalue weighted by Crippen LogP contribution is 2.31. The normalized spacial score (nSPS) is 14.6. The highest BCUT2D eigenvalue weighted by molar-refractivity contribution is 6.12. The minimum Gasteiger partial charge on any atom is -0.476 e. The van der Waals surface area contributed by atoms with E-state index < -0.39 is 35.2 Å². The zero-order valence-corrected chi connectivity index (χ0v) is 18.3. The van der Waals surface area contributed by atoms with Crippen LogP contribution in [0, 0.1) is 0 Å². The van der Waals surface area contributed by atoms with E-state index in [9.17, 15) is 27.6 Å². The predicted molar refractivity (Wildman–Crippen MR) is 113 cm³/mol. The van der Waals surface area contributed by atoms with Crippen LogP contribution in [0.15, 0.2) is 48.5 Å². The van der Waals surface area contributed by atoms with Gasteiger partial charge < -0.3 is 9.47 Å². The maximum absolute atomic E-state index is 12.8. The average molecular weight is 464 g/mol. The summed E-state index contributed by atoms with van der Waals surface area (Å²) >= 11 is 0. The van der Waals surface area contributed by atoms with Gasteiger partial charge >= 0.3 is 18.2 Å². The predicted octanol–water partition coefficient (Wildman–Crippen LogP) is 4.39. The zero-order chi connectivity index (χ0) is 24.4. The molecule has 2 aromatic rings. The van der Waals surface area contributed by atoms with E-state index in [-0.39, 0.29) is 25.4 Å². The molecule has 3 rings (SSSR count). The van der Waals surface area contributed by atoms with E-state index >= 15 is 0 Å². The number of alkyl halides is 3. The molecule has 0 N–H and O–H groups in total. The van der Waals surface area contributed by atoms with Crippen LogP contribution in [0.5, 0.6) is 5.75 Å². The van der Waals surface area contributed by atoms with Gasteiger partial charge in [-0.05, 0) is 62.7 Å². The standard InChI is InChI=1S/C23H23F3N2O5/c1-4-32-20(30)22(2,3)33-18-11-5-15(6-12-18)13-28-19(29)14-27(21(28)31)17-9-7-16(8-10-17)23(24,25)26/h5-12H,4,13-14H2,1-3H3. The number of rotatable bonds is 7. The van der Waals surface area contributed by atoms with Crippen molar-refractivity contribution in [3.05, 3.63) is 59.7 Å². The van der Waals surface area contributed by atoms with E-state index in [1.807, 2.05) is 0 Å². The van der Waals surface area contributed by atoms with Crippen molar-refractivity contribution in [1.29, 1.82) is 0 Å². The van der Waals surface area contributed by atoms with Crippen LogP contribution in [0.4, 0.5) is 23.7 Å². The van der Waals surface area contributed by atoms with Gasteiger partial charge in [-0.25, -0.2) is 9.59 Å². The number of imide groups is 1. The summed E-state index contributed by atoms with van der Waals surface area (Å²) in [7, 11) is 0. The summed E-state index contributed by atoms with van der Waals surface area (Å²) in [6, 6.07) is 9.95. The number of esters is 1. The zero-order valence-electron chi connectivity index (χ0n) is 18.3. The van der Waals surface area contributed by atoms with Crippen LogP contribution in [-0.4, -0.2) is 41.6 Å². The van der Waals surface area contributed by atoms with Crippen LogP contribution >= 0.6 is 0 Å². The third-order valence-electron chi connectivity index (χ3n) is 4.97. The summed E-state index contributed by atoms with van der Waals surface area (Å²) in [5.41, 5.74) is -1.20. The number of hydrogen-bond donors (Lipinski definition) is 0. The van der Waals surface area contributed by atoms with E-state index in [2.05, 4.69) is 0 Å². The molecule has 1 fully saturated rings. The largest absolute Gasteiger partial charge is 0.476 e. The van der Waals surface area contributed by atoms with E-state index in [4.69, 9.17) is 9.47 Å². The van der Waals surface area contributed by atoms with Gasteiger partial charge in [0.25, 0.3) is 5.91 Å². The fourth-order valence-electron chi connectivity index (χ4n) is 3.22. The van der Waals surface area contributed by atoms with Crippen LogP contribution in [0.25, 0.3) is 0 Å². The number of halogens is 3. The topological polar surface area (TPSA) is 76.2 Å². The monoisotopic (exact) mass is 464 g/mol. The van der Waals surface area contributed by atoms with Gasteiger partial charge in [-0.15, -0.1) is 0 Å². The minimum atomic E-state index is -4.49. The van der Waals surface area contributed by atoms with Gasteiger partial charge in [-0.2, -0.15) is 13.2 Å². The van der Waals surface area contributed by atoms with Crippen molar-refractivity contribution in [2.45, 2.75) is 39.1 Å². The van der Waals surface area contributed by atoms with Crippen molar-refractivity contribution in [1.82, 2.24) is 4.90 Å². The van der Waals surface area contributed by atoms with Crippen LogP contribution in [0.3, 0.4) is 0 Å². The molecule has 1 aliphatic rings. The summed E-state index contributed by atoms with van der Waals surface area (Å²) in [5.74, 6) is -0.573. The number of amides is 3. The van der Waals surface area contributed by atoms with E-state index in [0.717, 1.165) is 34.1 Å². The Morgan fingerprint density at radius 2 is 1.61 bits per heavy atom. The number of benzene rings is 2.